The Morgan fingerprint density at radius 1 is 1.29 bits per heavy atom. The third kappa shape index (κ3) is 3.18. The number of aryl methyl sites for hydroxylation is 3. The third-order valence-electron chi connectivity index (χ3n) is 3.29. The molecule has 114 valence electrons. The summed E-state index contributed by atoms with van der Waals surface area (Å²) >= 11 is 0. The van der Waals surface area contributed by atoms with E-state index in [1.807, 2.05) is 13.8 Å². The van der Waals surface area contributed by atoms with E-state index in [1.165, 1.54) is 6.07 Å². The molecular formula is C14H20N4O2S. The van der Waals surface area contributed by atoms with Gasteiger partial charge in [-0.05, 0) is 30.5 Å². The number of benzene rings is 1. The fourth-order valence-corrected chi connectivity index (χ4v) is 3.25. The van der Waals surface area contributed by atoms with E-state index >= 15 is 0 Å². The van der Waals surface area contributed by atoms with E-state index in [0.717, 1.165) is 12.0 Å². The number of nitrogens with zero attached hydrogens (tertiary/aromatic N) is 2. The molecule has 0 fully saturated rings. The summed E-state index contributed by atoms with van der Waals surface area (Å²) in [6, 6.07) is 4.80. The van der Waals surface area contributed by atoms with Gasteiger partial charge in [0, 0.05) is 18.9 Å². The number of nitrogen functional groups attached to an aromatic ring is 1. The van der Waals surface area contributed by atoms with Crippen molar-refractivity contribution in [2.45, 2.75) is 31.6 Å². The Morgan fingerprint density at radius 3 is 2.57 bits per heavy atom. The zero-order valence-electron chi connectivity index (χ0n) is 12.4. The molecule has 0 radical (unpaired) electrons. The highest BCUT2D eigenvalue weighted by molar-refractivity contribution is 7.92. The molecule has 0 saturated carbocycles. The summed E-state index contributed by atoms with van der Waals surface area (Å²) < 4.78 is 29.0. The van der Waals surface area contributed by atoms with Crippen molar-refractivity contribution < 1.29 is 8.42 Å². The quantitative estimate of drug-likeness (QED) is 0.826. The van der Waals surface area contributed by atoms with E-state index in [-0.39, 0.29) is 4.90 Å². The minimum Gasteiger partial charge on any atom is -0.398 e. The van der Waals surface area contributed by atoms with Crippen LogP contribution in [0.2, 0.25) is 0 Å². The van der Waals surface area contributed by atoms with Crippen LogP contribution in [-0.4, -0.2) is 18.2 Å². The van der Waals surface area contributed by atoms with Gasteiger partial charge in [-0.1, -0.05) is 19.9 Å². The van der Waals surface area contributed by atoms with Crippen LogP contribution in [0.3, 0.4) is 0 Å². The number of sulfonamides is 1. The zero-order valence-corrected chi connectivity index (χ0v) is 13.2. The summed E-state index contributed by atoms with van der Waals surface area (Å²) in [5, 5.41) is 4.22. The van der Waals surface area contributed by atoms with Crippen molar-refractivity contribution in [3.8, 4) is 0 Å². The first-order valence-electron chi connectivity index (χ1n) is 6.81. The van der Waals surface area contributed by atoms with Crippen LogP contribution in [0.1, 0.15) is 25.1 Å². The molecule has 0 bridgehead atoms. The van der Waals surface area contributed by atoms with Crippen LogP contribution < -0.4 is 10.5 Å². The molecule has 6 nitrogen and oxygen atoms in total. The van der Waals surface area contributed by atoms with Crippen LogP contribution in [0.5, 0.6) is 0 Å². The number of anilines is 2. The number of rotatable bonds is 5. The second-order valence-electron chi connectivity index (χ2n) is 4.84. The van der Waals surface area contributed by atoms with E-state index in [1.54, 1.807) is 30.1 Å². The van der Waals surface area contributed by atoms with Crippen LogP contribution >= 0.6 is 0 Å². The fraction of sp³-hybridized carbons (Fsp3) is 0.357. The van der Waals surface area contributed by atoms with Gasteiger partial charge in [0.15, 0.2) is 0 Å². The van der Waals surface area contributed by atoms with Gasteiger partial charge in [0.2, 0.25) is 0 Å². The summed E-state index contributed by atoms with van der Waals surface area (Å²) in [7, 11) is -1.91. The molecule has 0 aliphatic carbocycles. The second kappa shape index (κ2) is 5.77. The number of hydrogen-bond acceptors (Lipinski definition) is 4. The Morgan fingerprint density at radius 2 is 2.00 bits per heavy atom. The van der Waals surface area contributed by atoms with Gasteiger partial charge in [0.25, 0.3) is 10.0 Å². The highest BCUT2D eigenvalue weighted by atomic mass is 32.2. The molecule has 2 rings (SSSR count). The van der Waals surface area contributed by atoms with E-state index in [9.17, 15) is 8.42 Å². The summed E-state index contributed by atoms with van der Waals surface area (Å²) in [5.41, 5.74) is 8.50. The molecule has 21 heavy (non-hydrogen) atoms. The maximum Gasteiger partial charge on any atom is 0.262 e. The molecule has 1 heterocycles. The van der Waals surface area contributed by atoms with Crippen LogP contribution in [0.15, 0.2) is 29.3 Å². The van der Waals surface area contributed by atoms with Crippen molar-refractivity contribution in [1.82, 2.24) is 9.78 Å². The zero-order chi connectivity index (χ0) is 15.6. The average Bonchev–Trinajstić information content (AvgIpc) is 2.77. The molecule has 7 heteroatoms. The Hall–Kier alpha value is -2.02. The molecule has 1 aromatic heterocycles. The molecule has 0 aliphatic heterocycles. The van der Waals surface area contributed by atoms with Crippen molar-refractivity contribution in [3.63, 3.8) is 0 Å². The van der Waals surface area contributed by atoms with Crippen molar-refractivity contribution >= 4 is 21.4 Å². The first kappa shape index (κ1) is 15.4. The lowest BCUT2D eigenvalue weighted by Gasteiger charge is -2.10. The largest absolute Gasteiger partial charge is 0.398 e. The van der Waals surface area contributed by atoms with Crippen molar-refractivity contribution in [2.24, 2.45) is 7.05 Å². The molecule has 3 N–H and O–H groups in total. The maximum absolute atomic E-state index is 12.4. The lowest BCUT2D eigenvalue weighted by atomic mass is 10.1. The molecular weight excluding hydrogens is 288 g/mol. The Labute approximate surface area is 125 Å². The van der Waals surface area contributed by atoms with E-state index in [0.29, 0.717) is 23.5 Å². The smallest absolute Gasteiger partial charge is 0.262 e. The van der Waals surface area contributed by atoms with E-state index < -0.39 is 10.0 Å². The minimum absolute atomic E-state index is 0.156. The van der Waals surface area contributed by atoms with E-state index in [2.05, 4.69) is 9.82 Å². The molecule has 1 aromatic carbocycles. The van der Waals surface area contributed by atoms with Crippen LogP contribution in [-0.2, 0) is 29.9 Å². The van der Waals surface area contributed by atoms with Gasteiger partial charge in [-0.25, -0.2) is 8.42 Å². The topological polar surface area (TPSA) is 90.0 Å². The first-order chi connectivity index (χ1) is 9.87. The van der Waals surface area contributed by atoms with Gasteiger partial charge < -0.3 is 5.73 Å². The van der Waals surface area contributed by atoms with Crippen molar-refractivity contribution in [3.05, 3.63) is 35.7 Å². The van der Waals surface area contributed by atoms with Gasteiger partial charge in [0.1, 0.15) is 0 Å². The monoisotopic (exact) mass is 308 g/mol. The maximum atomic E-state index is 12.4. The number of nitrogens with two attached hydrogens (primary N) is 1. The standard InChI is InChI=1S/C14H20N4O2S/c1-4-10-6-7-11(8-12(10)15)21(19,20)17-14-9-18(3)16-13(14)5-2/h6-9,17H,4-5,15H2,1-3H3. The van der Waals surface area contributed by atoms with Gasteiger partial charge in [-0.3, -0.25) is 9.40 Å². The molecule has 0 amide bonds. The summed E-state index contributed by atoms with van der Waals surface area (Å²) in [5.74, 6) is 0. The van der Waals surface area contributed by atoms with Crippen LogP contribution in [0.25, 0.3) is 0 Å². The number of hydrogen-bond donors (Lipinski definition) is 2. The molecule has 0 aliphatic rings. The Balaban J connectivity index is 2.36. The van der Waals surface area contributed by atoms with Gasteiger partial charge in [-0.15, -0.1) is 0 Å². The van der Waals surface area contributed by atoms with Gasteiger partial charge in [0.05, 0.1) is 16.3 Å². The van der Waals surface area contributed by atoms with Gasteiger partial charge in [-0.2, -0.15) is 5.10 Å². The molecule has 0 saturated heterocycles. The van der Waals surface area contributed by atoms with Crippen LogP contribution in [0, 0.1) is 0 Å². The Kier molecular flexibility index (Phi) is 4.22. The summed E-state index contributed by atoms with van der Waals surface area (Å²) in [6.45, 7) is 3.90. The molecule has 0 spiro atoms. The van der Waals surface area contributed by atoms with Gasteiger partial charge >= 0.3 is 0 Å². The molecule has 0 atom stereocenters. The lowest BCUT2D eigenvalue weighted by molar-refractivity contribution is 0.601. The fourth-order valence-electron chi connectivity index (χ4n) is 2.15. The molecule has 0 unspecified atom stereocenters. The van der Waals surface area contributed by atoms with Crippen LogP contribution in [0.4, 0.5) is 11.4 Å². The second-order valence-corrected chi connectivity index (χ2v) is 6.52. The van der Waals surface area contributed by atoms with Crippen molar-refractivity contribution in [1.29, 1.82) is 0 Å². The predicted octanol–water partition coefficient (Wildman–Crippen LogP) is 1.93. The van der Waals surface area contributed by atoms with E-state index in [4.69, 9.17) is 5.73 Å². The highest BCUT2D eigenvalue weighted by Crippen LogP contribution is 2.22. The molecule has 2 aromatic rings. The normalized spacial score (nSPS) is 11.6. The third-order valence-corrected chi connectivity index (χ3v) is 4.66. The lowest BCUT2D eigenvalue weighted by Crippen LogP contribution is -2.14. The average molecular weight is 308 g/mol. The number of aromatic nitrogens is 2. The number of nitrogens with one attached hydrogen (secondary N) is 1. The summed E-state index contributed by atoms with van der Waals surface area (Å²) in [4.78, 5) is 0.156. The predicted molar refractivity (Wildman–Crippen MR) is 83.6 cm³/mol. The Bertz CT molecular complexity index is 750. The highest BCUT2D eigenvalue weighted by Gasteiger charge is 2.18. The van der Waals surface area contributed by atoms with Crippen molar-refractivity contribution in [2.75, 3.05) is 10.5 Å². The summed E-state index contributed by atoms with van der Waals surface area (Å²) in [6.07, 6.45) is 3.07. The SMILES string of the molecule is CCc1ccc(S(=O)(=O)Nc2cn(C)nc2CC)cc1N. The first-order valence-corrected chi connectivity index (χ1v) is 8.29. The minimum atomic E-state index is -3.66.